The van der Waals surface area contributed by atoms with Crippen LogP contribution in [-0.2, 0) is 0 Å². The molecule has 0 aliphatic heterocycles. The molecule has 0 bridgehead atoms. The first-order valence-corrected chi connectivity index (χ1v) is 7.87. The fourth-order valence-corrected chi connectivity index (χ4v) is 2.40. The third-order valence-electron chi connectivity index (χ3n) is 3.55. The van der Waals surface area contributed by atoms with E-state index in [2.05, 4.69) is 25.6 Å². The van der Waals surface area contributed by atoms with Crippen molar-refractivity contribution in [3.05, 3.63) is 59.0 Å². The summed E-state index contributed by atoms with van der Waals surface area (Å²) in [5.41, 5.74) is 6.64. The molecule has 0 saturated carbocycles. The average molecular weight is 336 g/mol. The smallest absolute Gasteiger partial charge is 0.253 e. The van der Waals surface area contributed by atoms with Crippen molar-refractivity contribution in [1.82, 2.24) is 19.7 Å². The van der Waals surface area contributed by atoms with Gasteiger partial charge in [-0.1, -0.05) is 0 Å². The molecule has 0 amide bonds. The number of hydrogen-bond acceptors (Lipinski definition) is 6. The Morgan fingerprint density at radius 1 is 1.04 bits per heavy atom. The minimum Gasteiger partial charge on any atom is -0.497 e. The molecular formula is C18H20N6O. The van der Waals surface area contributed by atoms with Gasteiger partial charge in [0.2, 0.25) is 0 Å². The molecule has 1 N–H and O–H groups in total. The summed E-state index contributed by atoms with van der Waals surface area (Å²) < 4.78 is 6.86. The summed E-state index contributed by atoms with van der Waals surface area (Å²) >= 11 is 0. The zero-order chi connectivity index (χ0) is 17.8. The van der Waals surface area contributed by atoms with E-state index in [1.54, 1.807) is 18.0 Å². The largest absolute Gasteiger partial charge is 0.497 e. The van der Waals surface area contributed by atoms with Crippen LogP contribution < -0.4 is 10.2 Å². The Balaban J connectivity index is 1.78. The predicted molar refractivity (Wildman–Crippen MR) is 97.6 cm³/mol. The van der Waals surface area contributed by atoms with Crippen molar-refractivity contribution in [3.63, 3.8) is 0 Å². The minimum atomic E-state index is 0.521. The molecule has 0 spiro atoms. The van der Waals surface area contributed by atoms with Gasteiger partial charge in [0.1, 0.15) is 5.75 Å². The van der Waals surface area contributed by atoms with Crippen molar-refractivity contribution in [1.29, 1.82) is 0 Å². The monoisotopic (exact) mass is 336 g/mol. The highest BCUT2D eigenvalue weighted by Crippen LogP contribution is 2.13. The molecule has 0 aliphatic rings. The Kier molecular flexibility index (Phi) is 4.74. The molecule has 3 rings (SSSR count). The van der Waals surface area contributed by atoms with E-state index in [1.165, 1.54) is 0 Å². The SMILES string of the molecule is COc1ccc(C=NNc2cc(C)nc(-n3nc(C)cc3C)n2)cc1. The van der Waals surface area contributed by atoms with E-state index in [9.17, 15) is 0 Å². The lowest BCUT2D eigenvalue weighted by Gasteiger charge is -2.06. The van der Waals surface area contributed by atoms with Crippen LogP contribution in [0.25, 0.3) is 5.95 Å². The van der Waals surface area contributed by atoms with Gasteiger partial charge in [-0.2, -0.15) is 15.2 Å². The lowest BCUT2D eigenvalue weighted by atomic mass is 10.2. The number of hydrogen-bond donors (Lipinski definition) is 1. The quantitative estimate of drug-likeness (QED) is 0.572. The molecule has 0 radical (unpaired) electrons. The summed E-state index contributed by atoms with van der Waals surface area (Å²) in [6.45, 7) is 5.83. The van der Waals surface area contributed by atoms with E-state index in [1.807, 2.05) is 57.2 Å². The van der Waals surface area contributed by atoms with Gasteiger partial charge in [-0.05, 0) is 56.7 Å². The molecule has 128 valence electrons. The van der Waals surface area contributed by atoms with Gasteiger partial charge >= 0.3 is 0 Å². The van der Waals surface area contributed by atoms with E-state index in [0.717, 1.165) is 28.4 Å². The van der Waals surface area contributed by atoms with Crippen LogP contribution in [0.15, 0.2) is 41.5 Å². The summed E-state index contributed by atoms with van der Waals surface area (Å²) in [4.78, 5) is 8.93. The molecule has 0 fully saturated rings. The number of methoxy groups -OCH3 is 1. The first-order chi connectivity index (χ1) is 12.0. The summed E-state index contributed by atoms with van der Waals surface area (Å²) in [5, 5.41) is 8.66. The highest BCUT2D eigenvalue weighted by atomic mass is 16.5. The summed E-state index contributed by atoms with van der Waals surface area (Å²) in [6.07, 6.45) is 1.72. The minimum absolute atomic E-state index is 0.521. The van der Waals surface area contributed by atoms with Crippen molar-refractivity contribution in [3.8, 4) is 11.7 Å². The molecular weight excluding hydrogens is 316 g/mol. The number of ether oxygens (including phenoxy) is 1. The van der Waals surface area contributed by atoms with Crippen molar-refractivity contribution >= 4 is 12.0 Å². The number of aromatic nitrogens is 4. The summed E-state index contributed by atoms with van der Waals surface area (Å²) in [6, 6.07) is 11.4. The molecule has 0 saturated heterocycles. The van der Waals surface area contributed by atoms with E-state index in [-0.39, 0.29) is 0 Å². The van der Waals surface area contributed by atoms with Gasteiger partial charge in [-0.25, -0.2) is 9.67 Å². The number of benzene rings is 1. The second-order valence-corrected chi connectivity index (χ2v) is 5.68. The predicted octanol–water partition coefficient (Wildman–Crippen LogP) is 3.04. The molecule has 0 atom stereocenters. The fraction of sp³-hybridized carbons (Fsp3) is 0.222. The zero-order valence-corrected chi connectivity index (χ0v) is 14.7. The van der Waals surface area contributed by atoms with E-state index in [0.29, 0.717) is 11.8 Å². The van der Waals surface area contributed by atoms with Gasteiger partial charge in [0.05, 0.1) is 19.0 Å². The second kappa shape index (κ2) is 7.12. The number of nitrogens with zero attached hydrogens (tertiary/aromatic N) is 5. The van der Waals surface area contributed by atoms with Crippen molar-refractivity contribution in [2.24, 2.45) is 5.10 Å². The Morgan fingerprint density at radius 3 is 2.44 bits per heavy atom. The van der Waals surface area contributed by atoms with Gasteiger partial charge in [0, 0.05) is 17.5 Å². The maximum Gasteiger partial charge on any atom is 0.253 e. The zero-order valence-electron chi connectivity index (χ0n) is 14.7. The molecule has 7 nitrogen and oxygen atoms in total. The molecule has 0 aliphatic carbocycles. The lowest BCUT2D eigenvalue weighted by molar-refractivity contribution is 0.415. The van der Waals surface area contributed by atoms with Gasteiger partial charge in [-0.15, -0.1) is 0 Å². The fourth-order valence-electron chi connectivity index (χ4n) is 2.40. The second-order valence-electron chi connectivity index (χ2n) is 5.68. The summed E-state index contributed by atoms with van der Waals surface area (Å²) in [7, 11) is 1.64. The van der Waals surface area contributed by atoms with Crippen LogP contribution in [-0.4, -0.2) is 33.1 Å². The first kappa shape index (κ1) is 16.6. The average Bonchev–Trinajstić information content (AvgIpc) is 2.93. The van der Waals surface area contributed by atoms with Crippen LogP contribution in [0.1, 0.15) is 22.6 Å². The van der Waals surface area contributed by atoms with Crippen LogP contribution in [0.5, 0.6) is 5.75 Å². The molecule has 0 unspecified atom stereocenters. The topological polar surface area (TPSA) is 77.2 Å². The molecule has 7 heteroatoms. The Bertz CT molecular complexity index is 898. The van der Waals surface area contributed by atoms with E-state index in [4.69, 9.17) is 4.74 Å². The van der Waals surface area contributed by atoms with Crippen LogP contribution in [0.2, 0.25) is 0 Å². The highest BCUT2D eigenvalue weighted by molar-refractivity contribution is 5.80. The molecule has 3 aromatic rings. The van der Waals surface area contributed by atoms with Gasteiger partial charge in [0.15, 0.2) is 5.82 Å². The Morgan fingerprint density at radius 2 is 1.80 bits per heavy atom. The number of aryl methyl sites for hydroxylation is 3. The van der Waals surface area contributed by atoms with Crippen LogP contribution in [0, 0.1) is 20.8 Å². The van der Waals surface area contributed by atoms with Crippen LogP contribution >= 0.6 is 0 Å². The standard InChI is InChI=1S/C18H20N6O/c1-12-10-17(21-18(20-12)24-14(3)9-13(2)23-24)22-19-11-15-5-7-16(25-4)8-6-15/h5-11H,1-4H3,(H,20,21,22). The third-order valence-corrected chi connectivity index (χ3v) is 3.55. The van der Waals surface area contributed by atoms with Gasteiger partial charge in [-0.3, -0.25) is 5.43 Å². The number of anilines is 1. The maximum atomic E-state index is 5.14. The van der Waals surface area contributed by atoms with Crippen molar-refractivity contribution in [2.75, 3.05) is 12.5 Å². The lowest BCUT2D eigenvalue weighted by Crippen LogP contribution is -2.08. The number of hydrazone groups is 1. The Hall–Kier alpha value is -3.22. The van der Waals surface area contributed by atoms with E-state index < -0.39 is 0 Å². The maximum absolute atomic E-state index is 5.14. The normalized spacial score (nSPS) is 11.0. The first-order valence-electron chi connectivity index (χ1n) is 7.87. The number of rotatable bonds is 5. The number of nitrogens with one attached hydrogen (secondary N) is 1. The van der Waals surface area contributed by atoms with Crippen LogP contribution in [0.4, 0.5) is 5.82 Å². The van der Waals surface area contributed by atoms with Crippen molar-refractivity contribution in [2.45, 2.75) is 20.8 Å². The van der Waals surface area contributed by atoms with Gasteiger partial charge in [0.25, 0.3) is 5.95 Å². The molecule has 1 aromatic carbocycles. The Labute approximate surface area is 146 Å². The highest BCUT2D eigenvalue weighted by Gasteiger charge is 2.08. The molecule has 25 heavy (non-hydrogen) atoms. The van der Waals surface area contributed by atoms with Crippen LogP contribution in [0.3, 0.4) is 0 Å². The third kappa shape index (κ3) is 4.00. The van der Waals surface area contributed by atoms with Gasteiger partial charge < -0.3 is 4.74 Å². The summed E-state index contributed by atoms with van der Waals surface area (Å²) in [5.74, 6) is 1.94. The molecule has 2 aromatic heterocycles. The van der Waals surface area contributed by atoms with E-state index >= 15 is 0 Å². The molecule has 2 heterocycles. The van der Waals surface area contributed by atoms with Crippen molar-refractivity contribution < 1.29 is 4.74 Å².